The molecule has 0 fully saturated rings. The highest BCUT2D eigenvalue weighted by atomic mass is 14.9. The summed E-state index contributed by atoms with van der Waals surface area (Å²) in [5.74, 6) is 0. The smallest absolute Gasteiger partial charge is 0.0449 e. The van der Waals surface area contributed by atoms with E-state index < -0.39 is 0 Å². The van der Waals surface area contributed by atoms with Gasteiger partial charge in [-0.3, -0.25) is 0 Å². The lowest BCUT2D eigenvalue weighted by Gasteiger charge is -2.20. The maximum Gasteiger partial charge on any atom is 0.0449 e. The summed E-state index contributed by atoms with van der Waals surface area (Å²) >= 11 is 0. The second-order valence-corrected chi connectivity index (χ2v) is 4.94. The third kappa shape index (κ3) is 3.43. The molecule has 2 aromatic carbocycles. The topological polar surface area (TPSA) is 38.0 Å². The molecule has 0 aliphatic heterocycles. The third-order valence-electron chi connectivity index (χ3n) is 3.65. The number of nitrogens with one attached hydrogen (secondary N) is 1. The zero-order chi connectivity index (χ0) is 13.7. The molecule has 2 rings (SSSR count). The van der Waals surface area contributed by atoms with Crippen LogP contribution in [0.4, 0.5) is 0 Å². The standard InChI is InChI=1S/C17H22N2/c1-13-7-6-10-16(14(13)2)17(11-18)19-12-15-8-4-3-5-9-15/h3-10,17,19H,11-12,18H2,1-2H3. The molecule has 2 nitrogen and oxygen atoms in total. The highest BCUT2D eigenvalue weighted by Crippen LogP contribution is 2.20. The number of aryl methyl sites for hydroxylation is 1. The molecule has 19 heavy (non-hydrogen) atoms. The Kier molecular flexibility index (Phi) is 4.72. The summed E-state index contributed by atoms with van der Waals surface area (Å²) in [5, 5.41) is 3.55. The zero-order valence-corrected chi connectivity index (χ0v) is 11.7. The minimum atomic E-state index is 0.208. The molecule has 3 N–H and O–H groups in total. The van der Waals surface area contributed by atoms with Crippen LogP contribution in [0.5, 0.6) is 0 Å². The lowest BCUT2D eigenvalue weighted by atomic mass is 9.97. The van der Waals surface area contributed by atoms with Gasteiger partial charge in [-0.15, -0.1) is 0 Å². The fourth-order valence-electron chi connectivity index (χ4n) is 2.31. The van der Waals surface area contributed by atoms with Crippen LogP contribution in [0, 0.1) is 13.8 Å². The first-order valence-electron chi connectivity index (χ1n) is 6.76. The molecule has 100 valence electrons. The van der Waals surface area contributed by atoms with Crippen LogP contribution in [-0.2, 0) is 6.54 Å². The molecule has 0 aliphatic carbocycles. The van der Waals surface area contributed by atoms with E-state index in [0.717, 1.165) is 6.54 Å². The summed E-state index contributed by atoms with van der Waals surface area (Å²) in [6.45, 7) is 5.76. The molecular formula is C17H22N2. The van der Waals surface area contributed by atoms with Gasteiger partial charge in [0.05, 0.1) is 0 Å². The average molecular weight is 254 g/mol. The van der Waals surface area contributed by atoms with Crippen LogP contribution < -0.4 is 11.1 Å². The molecule has 0 aliphatic rings. The summed E-state index contributed by atoms with van der Waals surface area (Å²) in [4.78, 5) is 0. The predicted molar refractivity (Wildman–Crippen MR) is 81.0 cm³/mol. The Morgan fingerprint density at radius 2 is 1.74 bits per heavy atom. The largest absolute Gasteiger partial charge is 0.329 e. The van der Waals surface area contributed by atoms with Crippen LogP contribution in [0.25, 0.3) is 0 Å². The Balaban J connectivity index is 2.10. The van der Waals surface area contributed by atoms with Gasteiger partial charge in [0.1, 0.15) is 0 Å². The van der Waals surface area contributed by atoms with Gasteiger partial charge in [-0.1, -0.05) is 48.5 Å². The van der Waals surface area contributed by atoms with E-state index in [0.29, 0.717) is 6.54 Å². The molecule has 0 saturated carbocycles. The lowest BCUT2D eigenvalue weighted by molar-refractivity contribution is 0.539. The molecule has 0 radical (unpaired) electrons. The van der Waals surface area contributed by atoms with Crippen molar-refractivity contribution in [3.63, 3.8) is 0 Å². The third-order valence-corrected chi connectivity index (χ3v) is 3.65. The van der Waals surface area contributed by atoms with Gasteiger partial charge < -0.3 is 11.1 Å². The fraction of sp³-hybridized carbons (Fsp3) is 0.294. The van der Waals surface area contributed by atoms with Crippen LogP contribution >= 0.6 is 0 Å². The van der Waals surface area contributed by atoms with E-state index in [1.807, 2.05) is 6.07 Å². The summed E-state index contributed by atoms with van der Waals surface area (Å²) in [6, 6.07) is 17.0. The van der Waals surface area contributed by atoms with Crippen molar-refractivity contribution < 1.29 is 0 Å². The number of hydrogen-bond acceptors (Lipinski definition) is 2. The molecule has 0 spiro atoms. The first-order chi connectivity index (χ1) is 9.22. The van der Waals surface area contributed by atoms with Crippen molar-refractivity contribution >= 4 is 0 Å². The van der Waals surface area contributed by atoms with E-state index >= 15 is 0 Å². The first kappa shape index (κ1) is 13.8. The van der Waals surface area contributed by atoms with Gasteiger partial charge in [-0.25, -0.2) is 0 Å². The van der Waals surface area contributed by atoms with Gasteiger partial charge in [0.15, 0.2) is 0 Å². The highest BCUT2D eigenvalue weighted by molar-refractivity contribution is 5.35. The summed E-state index contributed by atoms with van der Waals surface area (Å²) in [5.41, 5.74) is 11.2. The molecule has 1 unspecified atom stereocenters. The van der Waals surface area contributed by atoms with Crippen LogP contribution in [0.2, 0.25) is 0 Å². The maximum absolute atomic E-state index is 5.93. The van der Waals surface area contributed by atoms with Gasteiger partial charge in [0.2, 0.25) is 0 Å². The van der Waals surface area contributed by atoms with Crippen LogP contribution in [0.1, 0.15) is 28.3 Å². The van der Waals surface area contributed by atoms with Gasteiger partial charge >= 0.3 is 0 Å². The first-order valence-corrected chi connectivity index (χ1v) is 6.76. The second-order valence-electron chi connectivity index (χ2n) is 4.94. The minimum absolute atomic E-state index is 0.208. The molecular weight excluding hydrogens is 232 g/mol. The SMILES string of the molecule is Cc1cccc(C(CN)NCc2ccccc2)c1C. The summed E-state index contributed by atoms with van der Waals surface area (Å²) in [7, 11) is 0. The fourth-order valence-corrected chi connectivity index (χ4v) is 2.31. The summed E-state index contributed by atoms with van der Waals surface area (Å²) in [6.07, 6.45) is 0. The Morgan fingerprint density at radius 1 is 1.00 bits per heavy atom. The second kappa shape index (κ2) is 6.50. The zero-order valence-electron chi connectivity index (χ0n) is 11.7. The van der Waals surface area contributed by atoms with Crippen LogP contribution in [0.3, 0.4) is 0 Å². The van der Waals surface area contributed by atoms with Crippen molar-refractivity contribution in [2.45, 2.75) is 26.4 Å². The van der Waals surface area contributed by atoms with E-state index in [-0.39, 0.29) is 6.04 Å². The molecule has 0 saturated heterocycles. The van der Waals surface area contributed by atoms with Crippen molar-refractivity contribution in [2.24, 2.45) is 5.73 Å². The number of benzene rings is 2. The van der Waals surface area contributed by atoms with Crippen molar-refractivity contribution in [1.82, 2.24) is 5.32 Å². The van der Waals surface area contributed by atoms with Gasteiger partial charge in [-0.05, 0) is 36.1 Å². The van der Waals surface area contributed by atoms with Crippen molar-refractivity contribution in [2.75, 3.05) is 6.54 Å². The number of nitrogens with two attached hydrogens (primary N) is 1. The van der Waals surface area contributed by atoms with E-state index in [4.69, 9.17) is 5.73 Å². The Labute approximate surface area is 115 Å². The van der Waals surface area contributed by atoms with E-state index in [9.17, 15) is 0 Å². The number of hydrogen-bond donors (Lipinski definition) is 2. The van der Waals surface area contributed by atoms with Crippen molar-refractivity contribution in [1.29, 1.82) is 0 Å². The molecule has 2 aromatic rings. The highest BCUT2D eigenvalue weighted by Gasteiger charge is 2.12. The van der Waals surface area contributed by atoms with E-state index in [1.165, 1.54) is 22.3 Å². The molecule has 0 bridgehead atoms. The Hall–Kier alpha value is -1.64. The molecule has 2 heteroatoms. The Morgan fingerprint density at radius 3 is 2.42 bits per heavy atom. The van der Waals surface area contributed by atoms with E-state index in [2.05, 4.69) is 61.6 Å². The molecule has 1 atom stereocenters. The quantitative estimate of drug-likeness (QED) is 0.860. The van der Waals surface area contributed by atoms with Crippen LogP contribution in [0.15, 0.2) is 48.5 Å². The average Bonchev–Trinajstić information content (AvgIpc) is 2.45. The van der Waals surface area contributed by atoms with E-state index in [1.54, 1.807) is 0 Å². The lowest BCUT2D eigenvalue weighted by Crippen LogP contribution is -2.28. The van der Waals surface area contributed by atoms with Crippen LogP contribution in [-0.4, -0.2) is 6.54 Å². The minimum Gasteiger partial charge on any atom is -0.329 e. The molecule has 0 amide bonds. The van der Waals surface area contributed by atoms with Gasteiger partial charge in [0.25, 0.3) is 0 Å². The normalized spacial score (nSPS) is 12.4. The number of rotatable bonds is 5. The Bertz CT molecular complexity index is 520. The molecule has 0 aromatic heterocycles. The van der Waals surface area contributed by atoms with Crippen molar-refractivity contribution in [3.05, 3.63) is 70.8 Å². The van der Waals surface area contributed by atoms with Gasteiger partial charge in [0, 0.05) is 19.1 Å². The molecule has 0 heterocycles. The monoisotopic (exact) mass is 254 g/mol. The summed E-state index contributed by atoms with van der Waals surface area (Å²) < 4.78 is 0. The maximum atomic E-state index is 5.93. The van der Waals surface area contributed by atoms with Gasteiger partial charge in [-0.2, -0.15) is 0 Å². The van der Waals surface area contributed by atoms with Crippen molar-refractivity contribution in [3.8, 4) is 0 Å². The predicted octanol–water partition coefficient (Wildman–Crippen LogP) is 3.09.